The summed E-state index contributed by atoms with van der Waals surface area (Å²) in [7, 11) is 1.65. The highest BCUT2D eigenvalue weighted by atomic mass is 16.5. The van der Waals surface area contributed by atoms with E-state index in [1.165, 1.54) is 0 Å². The van der Waals surface area contributed by atoms with Gasteiger partial charge in [0.1, 0.15) is 5.75 Å². The maximum atomic E-state index is 12.7. The zero-order chi connectivity index (χ0) is 15.3. The maximum absolute atomic E-state index is 12.7. The Bertz CT molecular complexity index is 600. The zero-order valence-corrected chi connectivity index (χ0v) is 13.2. The van der Waals surface area contributed by atoms with Crippen molar-refractivity contribution in [2.75, 3.05) is 12.4 Å². The normalized spacial score (nSPS) is 31.7. The SMILES string of the molecule is COc1ccc(NC=C2C(=O)[C@@]3(C)CC[C@@H]2C3(C)C)cc1. The van der Waals surface area contributed by atoms with Crippen LogP contribution in [0, 0.1) is 16.7 Å². The van der Waals surface area contributed by atoms with E-state index in [4.69, 9.17) is 4.74 Å². The van der Waals surface area contributed by atoms with Crippen LogP contribution in [-0.2, 0) is 4.79 Å². The molecule has 3 nitrogen and oxygen atoms in total. The average Bonchev–Trinajstić information content (AvgIpc) is 2.78. The Morgan fingerprint density at radius 1 is 1.24 bits per heavy atom. The van der Waals surface area contributed by atoms with Crippen LogP contribution in [0.25, 0.3) is 0 Å². The first-order valence-corrected chi connectivity index (χ1v) is 7.55. The molecule has 112 valence electrons. The molecule has 0 spiro atoms. The lowest BCUT2D eigenvalue weighted by Gasteiger charge is -2.31. The molecule has 0 unspecified atom stereocenters. The van der Waals surface area contributed by atoms with Gasteiger partial charge in [-0.3, -0.25) is 4.79 Å². The third-order valence-corrected chi connectivity index (χ3v) is 5.85. The molecular weight excluding hydrogens is 262 g/mol. The van der Waals surface area contributed by atoms with Crippen LogP contribution in [0.5, 0.6) is 5.75 Å². The van der Waals surface area contributed by atoms with Gasteiger partial charge in [-0.05, 0) is 48.4 Å². The number of anilines is 1. The number of fused-ring (bicyclic) bond motifs is 2. The lowest BCUT2D eigenvalue weighted by atomic mass is 9.70. The summed E-state index contributed by atoms with van der Waals surface area (Å²) in [4.78, 5) is 12.7. The predicted molar refractivity (Wildman–Crippen MR) is 84.3 cm³/mol. The van der Waals surface area contributed by atoms with Crippen molar-refractivity contribution in [1.82, 2.24) is 0 Å². The van der Waals surface area contributed by atoms with Gasteiger partial charge in [-0.15, -0.1) is 0 Å². The number of hydrogen-bond donors (Lipinski definition) is 1. The van der Waals surface area contributed by atoms with Gasteiger partial charge in [0.05, 0.1) is 7.11 Å². The van der Waals surface area contributed by atoms with Crippen molar-refractivity contribution >= 4 is 11.5 Å². The third-order valence-electron chi connectivity index (χ3n) is 5.85. The summed E-state index contributed by atoms with van der Waals surface area (Å²) in [6, 6.07) is 7.74. The molecule has 3 rings (SSSR count). The number of ether oxygens (including phenoxy) is 1. The van der Waals surface area contributed by atoms with Crippen molar-refractivity contribution in [1.29, 1.82) is 0 Å². The molecule has 3 heteroatoms. The smallest absolute Gasteiger partial charge is 0.167 e. The molecule has 0 saturated heterocycles. The molecule has 0 aliphatic heterocycles. The Morgan fingerprint density at radius 3 is 2.43 bits per heavy atom. The first-order valence-electron chi connectivity index (χ1n) is 7.55. The molecule has 1 aromatic rings. The fourth-order valence-corrected chi connectivity index (χ4v) is 3.94. The quantitative estimate of drug-likeness (QED) is 0.853. The van der Waals surface area contributed by atoms with Crippen LogP contribution in [0.2, 0.25) is 0 Å². The van der Waals surface area contributed by atoms with E-state index in [1.54, 1.807) is 7.11 Å². The molecule has 0 radical (unpaired) electrons. The fraction of sp³-hybridized carbons (Fsp3) is 0.500. The van der Waals surface area contributed by atoms with Gasteiger partial charge in [0.2, 0.25) is 0 Å². The van der Waals surface area contributed by atoms with E-state index >= 15 is 0 Å². The van der Waals surface area contributed by atoms with Crippen LogP contribution in [0.4, 0.5) is 5.69 Å². The second-order valence-electron chi connectivity index (χ2n) is 6.95. The summed E-state index contributed by atoms with van der Waals surface area (Å²) >= 11 is 0. The highest BCUT2D eigenvalue weighted by Gasteiger charge is 2.63. The van der Waals surface area contributed by atoms with Crippen molar-refractivity contribution in [3.8, 4) is 5.75 Å². The molecule has 0 heterocycles. The number of nitrogens with one attached hydrogen (secondary N) is 1. The van der Waals surface area contributed by atoms with Gasteiger partial charge >= 0.3 is 0 Å². The molecule has 2 bridgehead atoms. The van der Waals surface area contributed by atoms with Crippen LogP contribution in [0.3, 0.4) is 0 Å². The highest BCUT2D eigenvalue weighted by Crippen LogP contribution is 2.65. The van der Waals surface area contributed by atoms with Gasteiger partial charge < -0.3 is 10.1 Å². The van der Waals surface area contributed by atoms with E-state index in [1.807, 2.05) is 30.5 Å². The third kappa shape index (κ3) is 1.90. The van der Waals surface area contributed by atoms with Crippen LogP contribution in [0.1, 0.15) is 33.6 Å². The lowest BCUT2D eigenvalue weighted by molar-refractivity contribution is -0.125. The van der Waals surface area contributed by atoms with Crippen LogP contribution >= 0.6 is 0 Å². The molecule has 2 aliphatic rings. The van der Waals surface area contributed by atoms with Crippen LogP contribution < -0.4 is 10.1 Å². The minimum atomic E-state index is -0.189. The molecular formula is C18H23NO2. The molecule has 0 amide bonds. The van der Waals surface area contributed by atoms with Gasteiger partial charge in [-0.1, -0.05) is 20.8 Å². The number of allylic oxidation sites excluding steroid dienone is 1. The predicted octanol–water partition coefficient (Wildman–Crippen LogP) is 4.02. The van der Waals surface area contributed by atoms with Gasteiger partial charge in [0.25, 0.3) is 0 Å². The van der Waals surface area contributed by atoms with Gasteiger partial charge in [0, 0.05) is 22.9 Å². The number of hydrogen-bond acceptors (Lipinski definition) is 3. The van der Waals surface area contributed by atoms with Gasteiger partial charge in [-0.25, -0.2) is 0 Å². The molecule has 0 aromatic heterocycles. The number of ketones is 1. The zero-order valence-electron chi connectivity index (χ0n) is 13.2. The topological polar surface area (TPSA) is 38.3 Å². The highest BCUT2D eigenvalue weighted by molar-refractivity contribution is 6.04. The molecule has 2 atom stereocenters. The summed E-state index contributed by atoms with van der Waals surface area (Å²) in [6.45, 7) is 6.59. The van der Waals surface area contributed by atoms with Gasteiger partial charge in [0.15, 0.2) is 5.78 Å². The van der Waals surface area contributed by atoms with E-state index in [9.17, 15) is 4.79 Å². The molecule has 1 N–H and O–H groups in total. The maximum Gasteiger partial charge on any atom is 0.167 e. The molecule has 2 saturated carbocycles. The molecule has 2 aliphatic carbocycles. The number of carbonyl (C=O) groups is 1. The monoisotopic (exact) mass is 285 g/mol. The second-order valence-corrected chi connectivity index (χ2v) is 6.95. The number of carbonyl (C=O) groups excluding carboxylic acids is 1. The Kier molecular flexibility index (Phi) is 3.12. The molecule has 21 heavy (non-hydrogen) atoms. The summed E-state index contributed by atoms with van der Waals surface area (Å²) in [6.07, 6.45) is 4.05. The van der Waals surface area contributed by atoms with Gasteiger partial charge in [-0.2, -0.15) is 0 Å². The van der Waals surface area contributed by atoms with E-state index < -0.39 is 0 Å². The van der Waals surface area contributed by atoms with E-state index in [-0.39, 0.29) is 10.8 Å². The lowest BCUT2D eigenvalue weighted by Crippen LogP contribution is -2.32. The van der Waals surface area contributed by atoms with Crippen molar-refractivity contribution in [3.63, 3.8) is 0 Å². The number of rotatable bonds is 3. The fourth-order valence-electron chi connectivity index (χ4n) is 3.94. The minimum Gasteiger partial charge on any atom is -0.497 e. The summed E-state index contributed by atoms with van der Waals surface area (Å²) < 4.78 is 5.15. The Morgan fingerprint density at radius 2 is 1.90 bits per heavy atom. The summed E-state index contributed by atoms with van der Waals surface area (Å²) in [5.41, 5.74) is 1.81. The van der Waals surface area contributed by atoms with Crippen molar-refractivity contribution < 1.29 is 9.53 Å². The largest absolute Gasteiger partial charge is 0.497 e. The minimum absolute atomic E-state index is 0.0670. The molecule has 2 fully saturated rings. The number of methoxy groups -OCH3 is 1. The van der Waals surface area contributed by atoms with E-state index in [0.717, 1.165) is 29.9 Å². The van der Waals surface area contributed by atoms with Crippen molar-refractivity contribution in [3.05, 3.63) is 36.0 Å². The molecule has 1 aromatic carbocycles. The standard InChI is InChI=1S/C18H23NO2/c1-17(2)15-9-10-18(17,3)16(20)14(15)11-19-12-5-7-13(21-4)8-6-12/h5-8,11,15,19H,9-10H2,1-4H3/t15-,18+/m0/s1. The van der Waals surface area contributed by atoms with E-state index in [2.05, 4.69) is 26.1 Å². The summed E-state index contributed by atoms with van der Waals surface area (Å²) in [5, 5.41) is 3.27. The Hall–Kier alpha value is -1.77. The van der Waals surface area contributed by atoms with Crippen molar-refractivity contribution in [2.24, 2.45) is 16.7 Å². The first-order chi connectivity index (χ1) is 9.90. The second kappa shape index (κ2) is 4.62. The number of benzene rings is 1. The Labute approximate surface area is 126 Å². The average molecular weight is 285 g/mol. The van der Waals surface area contributed by atoms with Crippen molar-refractivity contribution in [2.45, 2.75) is 33.6 Å². The van der Waals surface area contributed by atoms with Crippen LogP contribution in [0.15, 0.2) is 36.0 Å². The first kappa shape index (κ1) is 14.2. The summed E-state index contributed by atoms with van der Waals surface area (Å²) in [5.74, 6) is 1.53. The van der Waals surface area contributed by atoms with E-state index in [0.29, 0.717) is 11.7 Å². The van der Waals surface area contributed by atoms with Crippen LogP contribution in [-0.4, -0.2) is 12.9 Å². The number of Topliss-reactive ketones (excluding diaryl/α,β-unsaturated/α-hetero) is 1. The Balaban J connectivity index is 1.83.